The second-order valence-corrected chi connectivity index (χ2v) is 4.40. The van der Waals surface area contributed by atoms with Crippen LogP contribution in [-0.4, -0.2) is 51.7 Å². The molecule has 1 aliphatic heterocycles. The van der Waals surface area contributed by atoms with Gasteiger partial charge in [0.05, 0.1) is 5.69 Å². The van der Waals surface area contributed by atoms with Gasteiger partial charge >= 0.3 is 11.9 Å². The molecule has 0 spiro atoms. The third-order valence-corrected chi connectivity index (χ3v) is 3.15. The first kappa shape index (κ1) is 13.1. The van der Waals surface area contributed by atoms with Crippen LogP contribution in [0, 0.1) is 10.1 Å². The number of amides is 1. The maximum absolute atomic E-state index is 10.9. The standard InChI is InChI=1S/C11H14N4O4/c1-8-7-13(11(16)17)4-5-14(8)9-2-3-10(12-6-9)15(18)19/h2-3,6,8H,4-5,7H2,1H3,(H,16,17)/t8-/m0/s1. The predicted octanol–water partition coefficient (Wildman–Crippen LogP) is 1.18. The first-order valence-corrected chi connectivity index (χ1v) is 5.84. The van der Waals surface area contributed by atoms with E-state index in [4.69, 9.17) is 5.11 Å². The molecule has 2 heterocycles. The second kappa shape index (κ2) is 5.09. The Kier molecular flexibility index (Phi) is 3.50. The molecule has 1 atom stereocenters. The number of hydrogen-bond donors (Lipinski definition) is 1. The zero-order valence-electron chi connectivity index (χ0n) is 10.4. The minimum Gasteiger partial charge on any atom is -0.465 e. The van der Waals surface area contributed by atoms with Crippen molar-refractivity contribution in [1.82, 2.24) is 9.88 Å². The smallest absolute Gasteiger partial charge is 0.407 e. The Balaban J connectivity index is 2.10. The average molecular weight is 266 g/mol. The summed E-state index contributed by atoms with van der Waals surface area (Å²) in [6.45, 7) is 3.28. The molecular weight excluding hydrogens is 252 g/mol. The van der Waals surface area contributed by atoms with Crippen molar-refractivity contribution in [1.29, 1.82) is 0 Å². The van der Waals surface area contributed by atoms with Gasteiger partial charge < -0.3 is 25.0 Å². The summed E-state index contributed by atoms with van der Waals surface area (Å²) < 4.78 is 0. The Labute approximate surface area is 109 Å². The van der Waals surface area contributed by atoms with Gasteiger partial charge in [-0.2, -0.15) is 0 Å². The highest BCUT2D eigenvalue weighted by atomic mass is 16.6. The van der Waals surface area contributed by atoms with E-state index in [1.807, 2.05) is 11.8 Å². The van der Waals surface area contributed by atoms with E-state index < -0.39 is 11.0 Å². The third-order valence-electron chi connectivity index (χ3n) is 3.15. The van der Waals surface area contributed by atoms with Crippen LogP contribution in [0.1, 0.15) is 6.92 Å². The van der Waals surface area contributed by atoms with Crippen LogP contribution in [-0.2, 0) is 0 Å². The monoisotopic (exact) mass is 266 g/mol. The number of piperazine rings is 1. The molecule has 1 fully saturated rings. The van der Waals surface area contributed by atoms with Gasteiger partial charge in [-0.15, -0.1) is 0 Å². The van der Waals surface area contributed by atoms with Gasteiger partial charge in [0, 0.05) is 31.7 Å². The molecule has 1 aliphatic rings. The number of carboxylic acid groups (broad SMARTS) is 1. The summed E-state index contributed by atoms with van der Waals surface area (Å²) in [6.07, 6.45) is 0.527. The van der Waals surface area contributed by atoms with E-state index in [0.29, 0.717) is 19.6 Å². The maximum Gasteiger partial charge on any atom is 0.407 e. The number of aromatic nitrogens is 1. The van der Waals surface area contributed by atoms with E-state index >= 15 is 0 Å². The van der Waals surface area contributed by atoms with Gasteiger partial charge in [-0.25, -0.2) is 4.79 Å². The molecule has 0 unspecified atom stereocenters. The van der Waals surface area contributed by atoms with Crippen molar-refractivity contribution in [2.24, 2.45) is 0 Å². The van der Waals surface area contributed by atoms with Crippen molar-refractivity contribution in [3.05, 3.63) is 28.4 Å². The summed E-state index contributed by atoms with van der Waals surface area (Å²) in [4.78, 5) is 28.0. The lowest BCUT2D eigenvalue weighted by atomic mass is 10.2. The highest BCUT2D eigenvalue weighted by Gasteiger charge is 2.27. The van der Waals surface area contributed by atoms with Crippen LogP contribution in [0.25, 0.3) is 0 Å². The highest BCUT2D eigenvalue weighted by molar-refractivity contribution is 5.65. The molecule has 2 rings (SSSR count). The van der Waals surface area contributed by atoms with Crippen LogP contribution >= 0.6 is 0 Å². The molecule has 0 saturated carbocycles. The molecule has 1 N–H and O–H groups in total. The first-order chi connectivity index (χ1) is 8.99. The molecule has 0 radical (unpaired) electrons. The van der Waals surface area contributed by atoms with Crippen LogP contribution in [0.4, 0.5) is 16.3 Å². The fraction of sp³-hybridized carbons (Fsp3) is 0.455. The van der Waals surface area contributed by atoms with Gasteiger partial charge in [-0.1, -0.05) is 0 Å². The van der Waals surface area contributed by atoms with Gasteiger partial charge in [-0.3, -0.25) is 0 Å². The molecule has 8 heteroatoms. The normalized spacial score (nSPS) is 19.3. The summed E-state index contributed by atoms with van der Waals surface area (Å²) in [5.74, 6) is -0.194. The molecule has 19 heavy (non-hydrogen) atoms. The third kappa shape index (κ3) is 2.72. The summed E-state index contributed by atoms with van der Waals surface area (Å²) in [7, 11) is 0. The van der Waals surface area contributed by atoms with Crippen LogP contribution < -0.4 is 4.90 Å². The summed E-state index contributed by atoms with van der Waals surface area (Å²) in [6, 6.07) is 3.00. The predicted molar refractivity (Wildman–Crippen MR) is 67.3 cm³/mol. The topological polar surface area (TPSA) is 99.8 Å². The zero-order valence-corrected chi connectivity index (χ0v) is 10.4. The molecule has 0 aromatic carbocycles. The van der Waals surface area contributed by atoms with Crippen molar-refractivity contribution < 1.29 is 14.8 Å². The lowest BCUT2D eigenvalue weighted by Crippen LogP contribution is -2.53. The fourth-order valence-corrected chi connectivity index (χ4v) is 2.17. The molecule has 1 amide bonds. The number of rotatable bonds is 2. The molecule has 1 aromatic heterocycles. The number of pyridine rings is 1. The van der Waals surface area contributed by atoms with E-state index in [-0.39, 0.29) is 11.9 Å². The Morgan fingerprint density at radius 3 is 2.74 bits per heavy atom. The maximum atomic E-state index is 10.9. The lowest BCUT2D eigenvalue weighted by molar-refractivity contribution is -0.389. The second-order valence-electron chi connectivity index (χ2n) is 4.40. The van der Waals surface area contributed by atoms with Crippen LogP contribution in [0.5, 0.6) is 0 Å². The van der Waals surface area contributed by atoms with Crippen LogP contribution in [0.15, 0.2) is 18.3 Å². The molecule has 0 bridgehead atoms. The molecular formula is C11H14N4O4. The summed E-state index contributed by atoms with van der Waals surface area (Å²) in [5, 5.41) is 19.5. The number of carbonyl (C=O) groups is 1. The minimum atomic E-state index is -0.923. The average Bonchev–Trinajstić information content (AvgIpc) is 2.38. The highest BCUT2D eigenvalue weighted by Crippen LogP contribution is 2.21. The van der Waals surface area contributed by atoms with Crippen molar-refractivity contribution in [3.63, 3.8) is 0 Å². The number of nitrogens with zero attached hydrogens (tertiary/aromatic N) is 4. The van der Waals surface area contributed by atoms with Crippen molar-refractivity contribution in [2.45, 2.75) is 13.0 Å². The van der Waals surface area contributed by atoms with Crippen LogP contribution in [0.3, 0.4) is 0 Å². The Morgan fingerprint density at radius 2 is 2.26 bits per heavy atom. The Morgan fingerprint density at radius 1 is 1.53 bits per heavy atom. The van der Waals surface area contributed by atoms with Gasteiger partial charge in [0.25, 0.3) is 0 Å². The lowest BCUT2D eigenvalue weighted by Gasteiger charge is -2.39. The zero-order chi connectivity index (χ0) is 14.0. The quantitative estimate of drug-likeness (QED) is 0.637. The van der Waals surface area contributed by atoms with Gasteiger partial charge in [0.2, 0.25) is 0 Å². The molecule has 102 valence electrons. The summed E-state index contributed by atoms with van der Waals surface area (Å²) in [5.41, 5.74) is 0.767. The SMILES string of the molecule is C[C@H]1CN(C(=O)O)CCN1c1ccc([N+](=O)[O-])nc1. The van der Waals surface area contributed by atoms with Gasteiger partial charge in [0.1, 0.15) is 0 Å². The minimum absolute atomic E-state index is 0.00751. The molecule has 0 aliphatic carbocycles. The van der Waals surface area contributed by atoms with Gasteiger partial charge in [0.15, 0.2) is 6.20 Å². The molecule has 1 saturated heterocycles. The number of anilines is 1. The molecule has 8 nitrogen and oxygen atoms in total. The molecule has 1 aromatic rings. The fourth-order valence-electron chi connectivity index (χ4n) is 2.17. The van der Waals surface area contributed by atoms with Crippen molar-refractivity contribution >= 4 is 17.6 Å². The van der Waals surface area contributed by atoms with E-state index in [1.54, 1.807) is 6.07 Å². The first-order valence-electron chi connectivity index (χ1n) is 5.84. The Bertz CT molecular complexity index is 490. The number of nitro groups is 1. The van der Waals surface area contributed by atoms with Crippen molar-refractivity contribution in [3.8, 4) is 0 Å². The summed E-state index contributed by atoms with van der Waals surface area (Å²) >= 11 is 0. The van der Waals surface area contributed by atoms with E-state index in [0.717, 1.165) is 5.69 Å². The van der Waals surface area contributed by atoms with E-state index in [9.17, 15) is 14.9 Å². The van der Waals surface area contributed by atoms with Gasteiger partial charge in [-0.05, 0) is 22.9 Å². The van der Waals surface area contributed by atoms with Crippen molar-refractivity contribution in [2.75, 3.05) is 24.5 Å². The largest absolute Gasteiger partial charge is 0.465 e. The van der Waals surface area contributed by atoms with E-state index in [2.05, 4.69) is 4.98 Å². The van der Waals surface area contributed by atoms with Crippen LogP contribution in [0.2, 0.25) is 0 Å². The van der Waals surface area contributed by atoms with E-state index in [1.165, 1.54) is 17.2 Å². The number of hydrogen-bond acceptors (Lipinski definition) is 5. The Hall–Kier alpha value is -2.38.